The largest absolute Gasteiger partial charge is 0.337 e. The lowest BCUT2D eigenvalue weighted by atomic mass is 9.95. The molecule has 0 saturated heterocycles. The predicted octanol–water partition coefficient (Wildman–Crippen LogP) is 3.85. The summed E-state index contributed by atoms with van der Waals surface area (Å²) in [7, 11) is 2.09. The molecule has 2 aromatic rings. The Hall–Kier alpha value is -1.32. The van der Waals surface area contributed by atoms with Crippen molar-refractivity contribution in [2.45, 2.75) is 37.1 Å². The Morgan fingerprint density at radius 1 is 1.41 bits per heavy atom. The highest BCUT2D eigenvalue weighted by atomic mass is 35.5. The molecule has 4 rings (SSSR count). The van der Waals surface area contributed by atoms with Crippen LogP contribution >= 0.6 is 11.6 Å². The maximum atomic E-state index is 6.17. The Kier molecular flexibility index (Phi) is 3.50. The van der Waals surface area contributed by atoms with E-state index in [1.54, 1.807) is 0 Å². The molecule has 2 aliphatic rings. The van der Waals surface area contributed by atoms with Gasteiger partial charge in [-0.15, -0.1) is 0 Å². The van der Waals surface area contributed by atoms with E-state index in [0.717, 1.165) is 17.5 Å². The third-order valence-corrected chi connectivity index (χ3v) is 5.42. The minimum Gasteiger partial charge on any atom is -0.337 e. The molecule has 1 aromatic carbocycles. The van der Waals surface area contributed by atoms with Gasteiger partial charge in [-0.2, -0.15) is 0 Å². The summed E-state index contributed by atoms with van der Waals surface area (Å²) in [5.74, 6) is 1.92. The lowest BCUT2D eigenvalue weighted by Crippen LogP contribution is -2.33. The van der Waals surface area contributed by atoms with E-state index in [1.807, 2.05) is 18.5 Å². The van der Waals surface area contributed by atoms with Crippen LogP contribution in [0, 0.1) is 5.92 Å². The van der Waals surface area contributed by atoms with E-state index in [2.05, 4.69) is 40.1 Å². The summed E-state index contributed by atoms with van der Waals surface area (Å²) in [6, 6.07) is 8.75. The molecule has 0 bridgehead atoms. The maximum Gasteiger partial charge on any atom is 0.125 e. The van der Waals surface area contributed by atoms with Gasteiger partial charge < -0.3 is 9.88 Å². The van der Waals surface area contributed by atoms with Crippen molar-refractivity contribution in [3.8, 4) is 0 Å². The molecule has 1 heterocycles. The summed E-state index contributed by atoms with van der Waals surface area (Å²) < 4.78 is 2.15. The van der Waals surface area contributed by atoms with Crippen molar-refractivity contribution in [1.82, 2.24) is 14.9 Å². The molecule has 2 fully saturated rings. The first kappa shape index (κ1) is 14.3. The molecule has 0 unspecified atom stereocenters. The van der Waals surface area contributed by atoms with Gasteiger partial charge in [-0.1, -0.05) is 23.7 Å². The number of hydrogen-bond donors (Lipinski definition) is 1. The summed E-state index contributed by atoms with van der Waals surface area (Å²) in [5, 5.41) is 4.66. The smallest absolute Gasteiger partial charge is 0.125 e. The summed E-state index contributed by atoms with van der Waals surface area (Å²) in [5.41, 5.74) is 1.66. The molecular weight excluding hydrogens is 294 g/mol. The Labute approximate surface area is 136 Å². The Morgan fingerprint density at radius 2 is 2.23 bits per heavy atom. The fourth-order valence-electron chi connectivity index (χ4n) is 3.42. The number of nitrogens with one attached hydrogen (secondary N) is 1. The predicted molar refractivity (Wildman–Crippen MR) is 89.0 cm³/mol. The Morgan fingerprint density at radius 3 is 2.82 bits per heavy atom. The molecule has 0 radical (unpaired) electrons. The van der Waals surface area contributed by atoms with Gasteiger partial charge in [0.1, 0.15) is 5.82 Å². The number of halogens is 1. The normalized spacial score (nSPS) is 20.8. The van der Waals surface area contributed by atoms with Gasteiger partial charge >= 0.3 is 0 Å². The van der Waals surface area contributed by atoms with Gasteiger partial charge in [0.2, 0.25) is 0 Å². The lowest BCUT2D eigenvalue weighted by Gasteiger charge is -2.23. The quantitative estimate of drug-likeness (QED) is 0.877. The molecule has 116 valence electrons. The highest BCUT2D eigenvalue weighted by Crippen LogP contribution is 2.49. The van der Waals surface area contributed by atoms with Gasteiger partial charge in [0.15, 0.2) is 0 Å². The highest BCUT2D eigenvalue weighted by Gasteiger charge is 2.45. The standard InChI is InChI=1S/C18H22ClN3/c1-22-10-9-20-17(22)16(13-5-6-13)21-12-18(7-8-18)14-3-2-4-15(19)11-14/h2-4,9-11,13,16,21H,5-8,12H2,1H3/t16-/m0/s1. The van der Waals surface area contributed by atoms with Gasteiger partial charge in [0.05, 0.1) is 6.04 Å². The molecule has 3 nitrogen and oxygen atoms in total. The second kappa shape index (κ2) is 5.39. The Balaban J connectivity index is 1.50. The third-order valence-electron chi connectivity index (χ3n) is 5.18. The van der Waals surface area contributed by atoms with E-state index in [-0.39, 0.29) is 5.41 Å². The van der Waals surface area contributed by atoms with Gasteiger partial charge in [0.25, 0.3) is 0 Å². The van der Waals surface area contributed by atoms with E-state index in [0.29, 0.717) is 6.04 Å². The van der Waals surface area contributed by atoms with Crippen molar-refractivity contribution in [3.05, 3.63) is 53.1 Å². The number of nitrogens with zero attached hydrogens (tertiary/aromatic N) is 2. The third kappa shape index (κ3) is 2.68. The van der Waals surface area contributed by atoms with E-state index >= 15 is 0 Å². The van der Waals surface area contributed by atoms with E-state index in [9.17, 15) is 0 Å². The van der Waals surface area contributed by atoms with Crippen LogP contribution in [0.4, 0.5) is 0 Å². The first-order valence-electron chi connectivity index (χ1n) is 8.15. The van der Waals surface area contributed by atoms with Crippen LogP contribution in [0.15, 0.2) is 36.7 Å². The van der Waals surface area contributed by atoms with Gasteiger partial charge in [0, 0.05) is 36.4 Å². The number of hydrogen-bond acceptors (Lipinski definition) is 2. The SMILES string of the molecule is Cn1ccnc1[C@@H](NCC1(c2cccc(Cl)c2)CC1)C1CC1. The van der Waals surface area contributed by atoms with Crippen LogP contribution in [-0.2, 0) is 12.5 Å². The monoisotopic (exact) mass is 315 g/mol. The molecule has 1 atom stereocenters. The Bertz CT molecular complexity index is 670. The topological polar surface area (TPSA) is 29.9 Å². The molecule has 1 aromatic heterocycles. The first-order chi connectivity index (χ1) is 10.7. The van der Waals surface area contributed by atoms with Crippen molar-refractivity contribution in [2.75, 3.05) is 6.54 Å². The molecule has 0 aliphatic heterocycles. The average molecular weight is 316 g/mol. The molecule has 0 amide bonds. The lowest BCUT2D eigenvalue weighted by molar-refractivity contribution is 0.421. The van der Waals surface area contributed by atoms with Gasteiger partial charge in [-0.3, -0.25) is 0 Å². The molecule has 1 N–H and O–H groups in total. The van der Waals surface area contributed by atoms with Crippen molar-refractivity contribution < 1.29 is 0 Å². The summed E-state index contributed by atoms with van der Waals surface area (Å²) in [4.78, 5) is 4.56. The van der Waals surface area contributed by atoms with Crippen LogP contribution in [0.2, 0.25) is 5.02 Å². The van der Waals surface area contributed by atoms with Crippen LogP contribution in [0.1, 0.15) is 43.1 Å². The van der Waals surface area contributed by atoms with E-state index < -0.39 is 0 Å². The second-order valence-electron chi connectivity index (χ2n) is 6.88. The zero-order valence-electron chi connectivity index (χ0n) is 12.9. The number of aromatic nitrogens is 2. The molecular formula is C18H22ClN3. The van der Waals surface area contributed by atoms with E-state index in [4.69, 9.17) is 11.6 Å². The zero-order valence-corrected chi connectivity index (χ0v) is 13.7. The van der Waals surface area contributed by atoms with E-state index in [1.165, 1.54) is 37.1 Å². The van der Waals surface area contributed by atoms with Crippen molar-refractivity contribution in [1.29, 1.82) is 0 Å². The van der Waals surface area contributed by atoms with Crippen LogP contribution in [-0.4, -0.2) is 16.1 Å². The zero-order chi connectivity index (χ0) is 15.2. The number of benzene rings is 1. The molecule has 0 spiro atoms. The minimum atomic E-state index is 0.281. The number of imidazole rings is 1. The summed E-state index contributed by atoms with van der Waals surface area (Å²) >= 11 is 6.17. The molecule has 2 saturated carbocycles. The number of aryl methyl sites for hydroxylation is 1. The fourth-order valence-corrected chi connectivity index (χ4v) is 3.61. The van der Waals surface area contributed by atoms with Crippen LogP contribution in [0.25, 0.3) is 0 Å². The summed E-state index contributed by atoms with van der Waals surface area (Å²) in [6.07, 6.45) is 9.06. The maximum absolute atomic E-state index is 6.17. The van der Waals surface area contributed by atoms with Crippen molar-refractivity contribution in [3.63, 3.8) is 0 Å². The van der Waals surface area contributed by atoms with Crippen LogP contribution in [0.5, 0.6) is 0 Å². The van der Waals surface area contributed by atoms with Crippen molar-refractivity contribution in [2.24, 2.45) is 13.0 Å². The van der Waals surface area contributed by atoms with Crippen molar-refractivity contribution >= 4 is 11.6 Å². The molecule has 4 heteroatoms. The van der Waals surface area contributed by atoms with Gasteiger partial charge in [-0.05, 0) is 49.3 Å². The average Bonchev–Trinajstić information content (AvgIpc) is 3.41. The highest BCUT2D eigenvalue weighted by molar-refractivity contribution is 6.30. The molecule has 22 heavy (non-hydrogen) atoms. The minimum absolute atomic E-state index is 0.281. The van der Waals surface area contributed by atoms with Crippen LogP contribution in [0.3, 0.4) is 0 Å². The van der Waals surface area contributed by atoms with Crippen LogP contribution < -0.4 is 5.32 Å². The second-order valence-corrected chi connectivity index (χ2v) is 7.32. The first-order valence-corrected chi connectivity index (χ1v) is 8.52. The van der Waals surface area contributed by atoms with Gasteiger partial charge in [-0.25, -0.2) is 4.98 Å². The number of rotatable bonds is 6. The fraction of sp³-hybridized carbons (Fsp3) is 0.500. The molecule has 2 aliphatic carbocycles. The summed E-state index contributed by atoms with van der Waals surface area (Å²) in [6.45, 7) is 1.02.